The molecule has 3 heterocycles. The first kappa shape index (κ1) is 19.8. The Hall–Kier alpha value is -1.96. The number of ether oxygens (including phenoxy) is 1. The van der Waals surface area contributed by atoms with Crippen LogP contribution in [0.2, 0.25) is 0 Å². The van der Waals surface area contributed by atoms with Crippen molar-refractivity contribution in [1.82, 2.24) is 14.8 Å². The molecule has 3 rings (SSSR count). The number of nitrogens with zero attached hydrogens (tertiary/aromatic N) is 4. The Balaban J connectivity index is 1.91. The summed E-state index contributed by atoms with van der Waals surface area (Å²) in [5.41, 5.74) is 2.20. The van der Waals surface area contributed by atoms with Crippen LogP contribution in [0.25, 0.3) is 11.1 Å². The van der Waals surface area contributed by atoms with Crippen LogP contribution >= 0.6 is 11.3 Å². The van der Waals surface area contributed by atoms with Crippen molar-refractivity contribution >= 4 is 22.2 Å². The minimum absolute atomic E-state index is 0.110. The molecule has 0 aromatic carbocycles. The highest BCUT2D eigenvalue weighted by Gasteiger charge is 2.24. The van der Waals surface area contributed by atoms with Crippen molar-refractivity contribution in [2.75, 3.05) is 64.9 Å². The molecule has 1 aliphatic heterocycles. The fraction of sp³-hybridized carbons (Fsp3) is 0.500. The van der Waals surface area contributed by atoms with Crippen molar-refractivity contribution in [3.05, 3.63) is 35.5 Å². The number of carbonyl (C=O) groups excluding carboxylic acids is 1. The average molecular weight is 389 g/mol. The zero-order valence-electron chi connectivity index (χ0n) is 16.4. The van der Waals surface area contributed by atoms with Gasteiger partial charge in [0.25, 0.3) is 5.91 Å². The van der Waals surface area contributed by atoms with Gasteiger partial charge in [0.1, 0.15) is 0 Å². The van der Waals surface area contributed by atoms with E-state index in [9.17, 15) is 4.79 Å². The summed E-state index contributed by atoms with van der Waals surface area (Å²) in [6.07, 6.45) is 3.60. The third kappa shape index (κ3) is 4.86. The van der Waals surface area contributed by atoms with E-state index < -0.39 is 0 Å². The lowest BCUT2D eigenvalue weighted by Crippen LogP contribution is -2.36. The van der Waals surface area contributed by atoms with Gasteiger partial charge in [0.15, 0.2) is 0 Å². The Bertz CT molecular complexity index is 742. The van der Waals surface area contributed by atoms with Gasteiger partial charge in [-0.2, -0.15) is 0 Å². The quantitative estimate of drug-likeness (QED) is 0.730. The van der Waals surface area contributed by atoms with E-state index in [1.807, 2.05) is 44.1 Å². The first-order valence-electron chi connectivity index (χ1n) is 9.41. The molecule has 6 nitrogen and oxygen atoms in total. The van der Waals surface area contributed by atoms with Crippen molar-refractivity contribution in [3.63, 3.8) is 0 Å². The Kier molecular flexibility index (Phi) is 6.82. The molecule has 2 aromatic heterocycles. The molecular formula is C20H28N4O2S. The molecule has 0 aliphatic carbocycles. The molecule has 0 spiro atoms. The van der Waals surface area contributed by atoms with Crippen molar-refractivity contribution in [2.45, 2.75) is 6.92 Å². The van der Waals surface area contributed by atoms with Gasteiger partial charge < -0.3 is 19.4 Å². The minimum Gasteiger partial charge on any atom is -0.378 e. The van der Waals surface area contributed by atoms with E-state index in [1.54, 1.807) is 23.7 Å². The summed E-state index contributed by atoms with van der Waals surface area (Å²) in [5.74, 6) is 0.110. The maximum atomic E-state index is 13.1. The third-order valence-corrected chi connectivity index (χ3v) is 5.88. The predicted molar refractivity (Wildman–Crippen MR) is 111 cm³/mol. The van der Waals surface area contributed by atoms with Gasteiger partial charge in [-0.15, -0.1) is 11.3 Å². The van der Waals surface area contributed by atoms with Crippen LogP contribution in [0, 0.1) is 0 Å². The zero-order valence-corrected chi connectivity index (χ0v) is 17.2. The van der Waals surface area contributed by atoms with Gasteiger partial charge in [-0.05, 0) is 44.8 Å². The minimum atomic E-state index is 0.110. The first-order valence-corrected chi connectivity index (χ1v) is 10.2. The molecule has 0 atom stereocenters. The standard InChI is InChI=1S/C20H28N4O2S/c1-4-23(10-9-22(2)3)19(25)18-15-17(16-5-7-21-8-6-16)20(27-18)24-11-13-26-14-12-24/h5-8,15H,4,9-14H2,1-3H3. The third-order valence-electron chi connectivity index (χ3n) is 4.70. The second kappa shape index (κ2) is 9.30. The van der Waals surface area contributed by atoms with E-state index in [-0.39, 0.29) is 5.91 Å². The van der Waals surface area contributed by atoms with Gasteiger partial charge >= 0.3 is 0 Å². The average Bonchev–Trinajstić information content (AvgIpc) is 3.15. The Morgan fingerprint density at radius 2 is 1.93 bits per heavy atom. The summed E-state index contributed by atoms with van der Waals surface area (Å²) in [5, 5.41) is 1.15. The summed E-state index contributed by atoms with van der Waals surface area (Å²) in [6, 6.07) is 6.05. The summed E-state index contributed by atoms with van der Waals surface area (Å²) in [6.45, 7) is 7.49. The molecule has 0 unspecified atom stereocenters. The topological polar surface area (TPSA) is 48.9 Å². The van der Waals surface area contributed by atoms with Gasteiger partial charge in [0.2, 0.25) is 0 Å². The zero-order chi connectivity index (χ0) is 19.2. The molecule has 0 saturated carbocycles. The Morgan fingerprint density at radius 1 is 1.22 bits per heavy atom. The van der Waals surface area contributed by atoms with E-state index in [4.69, 9.17) is 4.74 Å². The maximum Gasteiger partial charge on any atom is 0.264 e. The molecular weight excluding hydrogens is 360 g/mol. The molecule has 2 aromatic rings. The molecule has 146 valence electrons. The lowest BCUT2D eigenvalue weighted by molar-refractivity contribution is 0.0759. The summed E-state index contributed by atoms with van der Waals surface area (Å²) in [4.78, 5) is 24.4. The second-order valence-corrected chi connectivity index (χ2v) is 7.88. The van der Waals surface area contributed by atoms with Crippen LogP contribution in [0.15, 0.2) is 30.6 Å². The summed E-state index contributed by atoms with van der Waals surface area (Å²) >= 11 is 1.59. The lowest BCUT2D eigenvalue weighted by Gasteiger charge is -2.28. The molecule has 1 aliphatic rings. The number of pyridine rings is 1. The number of likely N-dealkylation sites (N-methyl/N-ethyl adjacent to an activating group) is 2. The van der Waals surface area contributed by atoms with Crippen LogP contribution in [0.3, 0.4) is 0 Å². The van der Waals surface area contributed by atoms with Gasteiger partial charge in [-0.1, -0.05) is 0 Å². The molecule has 0 radical (unpaired) electrons. The van der Waals surface area contributed by atoms with Crippen LogP contribution in [0.5, 0.6) is 0 Å². The van der Waals surface area contributed by atoms with Gasteiger partial charge in [-0.3, -0.25) is 9.78 Å². The number of hydrogen-bond acceptors (Lipinski definition) is 6. The monoisotopic (exact) mass is 388 g/mol. The number of anilines is 1. The van der Waals surface area contributed by atoms with Gasteiger partial charge in [0, 0.05) is 50.7 Å². The Labute approximate surface area is 165 Å². The highest BCUT2D eigenvalue weighted by Crippen LogP contribution is 2.39. The van der Waals surface area contributed by atoms with E-state index in [2.05, 4.69) is 14.8 Å². The van der Waals surface area contributed by atoms with Crippen LogP contribution in [-0.4, -0.2) is 80.7 Å². The highest BCUT2D eigenvalue weighted by atomic mass is 32.1. The maximum absolute atomic E-state index is 13.1. The van der Waals surface area contributed by atoms with Crippen molar-refractivity contribution in [1.29, 1.82) is 0 Å². The molecule has 0 N–H and O–H groups in total. The van der Waals surface area contributed by atoms with Crippen LogP contribution < -0.4 is 4.90 Å². The number of hydrogen-bond donors (Lipinski definition) is 0. The smallest absolute Gasteiger partial charge is 0.264 e. The molecule has 1 fully saturated rings. The number of morpholine rings is 1. The number of aromatic nitrogens is 1. The van der Waals surface area contributed by atoms with Crippen molar-refractivity contribution in [3.8, 4) is 11.1 Å². The molecule has 1 saturated heterocycles. The number of amides is 1. The Morgan fingerprint density at radius 3 is 2.56 bits per heavy atom. The molecule has 27 heavy (non-hydrogen) atoms. The van der Waals surface area contributed by atoms with Gasteiger partial charge in [0.05, 0.1) is 23.1 Å². The normalized spacial score (nSPS) is 14.6. The fourth-order valence-corrected chi connectivity index (χ4v) is 4.31. The van der Waals surface area contributed by atoms with E-state index >= 15 is 0 Å². The molecule has 1 amide bonds. The van der Waals surface area contributed by atoms with Crippen molar-refractivity contribution < 1.29 is 9.53 Å². The predicted octanol–water partition coefficient (Wildman–Crippen LogP) is 2.67. The number of thiophene rings is 1. The van der Waals surface area contributed by atoms with Crippen LogP contribution in [0.4, 0.5) is 5.00 Å². The SMILES string of the molecule is CCN(CCN(C)C)C(=O)c1cc(-c2ccncc2)c(N2CCOCC2)s1. The summed E-state index contributed by atoms with van der Waals surface area (Å²) < 4.78 is 5.50. The lowest BCUT2D eigenvalue weighted by atomic mass is 10.1. The second-order valence-electron chi connectivity index (χ2n) is 6.85. The van der Waals surface area contributed by atoms with Crippen LogP contribution in [0.1, 0.15) is 16.6 Å². The van der Waals surface area contributed by atoms with E-state index in [0.29, 0.717) is 6.54 Å². The van der Waals surface area contributed by atoms with Crippen molar-refractivity contribution in [2.24, 2.45) is 0 Å². The highest BCUT2D eigenvalue weighted by molar-refractivity contribution is 7.18. The molecule has 0 bridgehead atoms. The summed E-state index contributed by atoms with van der Waals surface area (Å²) in [7, 11) is 4.06. The van der Waals surface area contributed by atoms with E-state index in [1.165, 1.54) is 0 Å². The first-order chi connectivity index (χ1) is 13.1. The van der Waals surface area contributed by atoms with E-state index in [0.717, 1.165) is 60.4 Å². The van der Waals surface area contributed by atoms with Gasteiger partial charge in [-0.25, -0.2) is 0 Å². The number of carbonyl (C=O) groups is 1. The largest absolute Gasteiger partial charge is 0.378 e. The molecule has 7 heteroatoms. The van der Waals surface area contributed by atoms with Crippen LogP contribution in [-0.2, 0) is 4.74 Å². The fourth-order valence-electron chi connectivity index (χ4n) is 3.11. The number of rotatable bonds is 7.